The van der Waals surface area contributed by atoms with Gasteiger partial charge in [-0.2, -0.15) is 5.26 Å². The van der Waals surface area contributed by atoms with E-state index in [1.54, 1.807) is 20.8 Å². The predicted molar refractivity (Wildman–Crippen MR) is 95.6 cm³/mol. The summed E-state index contributed by atoms with van der Waals surface area (Å²) in [6.45, 7) is 5.57. The maximum Gasteiger partial charge on any atom is 0.325 e. The number of nitrogens with zero attached hydrogens (tertiary/aromatic N) is 2. The molecule has 3 rings (SSSR count). The molecule has 128 valence electrons. The third-order valence-corrected chi connectivity index (χ3v) is 4.87. The molecule has 1 atom stereocenters. The molecule has 0 unspecified atom stereocenters. The van der Waals surface area contributed by atoms with Gasteiger partial charge in [-0.15, -0.1) is 0 Å². The van der Waals surface area contributed by atoms with Crippen LogP contribution < -0.4 is 5.32 Å². The quantitative estimate of drug-likeness (QED) is 0.869. The summed E-state index contributed by atoms with van der Waals surface area (Å²) >= 11 is 0. The van der Waals surface area contributed by atoms with Gasteiger partial charge in [0.2, 0.25) is 0 Å². The van der Waals surface area contributed by atoms with Gasteiger partial charge in [0.15, 0.2) is 0 Å². The second-order valence-corrected chi connectivity index (χ2v) is 7.28. The van der Waals surface area contributed by atoms with Crippen LogP contribution >= 0.6 is 0 Å². The largest absolute Gasteiger partial charge is 0.325 e. The molecule has 1 aliphatic heterocycles. The molecule has 3 amide bonds. The number of amides is 3. The zero-order valence-corrected chi connectivity index (χ0v) is 14.7. The maximum absolute atomic E-state index is 13.0. The Kier molecular flexibility index (Phi) is 4.00. The first-order chi connectivity index (χ1) is 11.8. The first-order valence-corrected chi connectivity index (χ1v) is 8.32. The third kappa shape index (κ3) is 2.85. The lowest BCUT2D eigenvalue weighted by atomic mass is 9.87. The SMILES string of the molecule is CC(C)(C#N)CCN1C(=O)N[C@@](C)(c2cccc3ccccc23)C1=O. The summed E-state index contributed by atoms with van der Waals surface area (Å²) in [5.41, 5.74) is -0.903. The molecule has 0 aromatic heterocycles. The molecule has 0 radical (unpaired) electrons. The van der Waals surface area contributed by atoms with Crippen LogP contribution in [0, 0.1) is 16.7 Å². The molecule has 1 fully saturated rings. The highest BCUT2D eigenvalue weighted by atomic mass is 16.2. The number of carbonyl (C=O) groups excluding carboxylic acids is 2. The zero-order valence-electron chi connectivity index (χ0n) is 14.7. The normalized spacial score (nSPS) is 20.6. The molecule has 1 N–H and O–H groups in total. The monoisotopic (exact) mass is 335 g/mol. The van der Waals surface area contributed by atoms with Gasteiger partial charge in [-0.3, -0.25) is 9.69 Å². The number of hydrogen-bond acceptors (Lipinski definition) is 3. The number of hydrogen-bond donors (Lipinski definition) is 1. The van der Waals surface area contributed by atoms with Gasteiger partial charge in [-0.25, -0.2) is 4.79 Å². The van der Waals surface area contributed by atoms with E-state index in [1.165, 1.54) is 4.90 Å². The Bertz CT molecular complexity index is 892. The molecule has 0 aliphatic carbocycles. The van der Waals surface area contributed by atoms with E-state index in [0.717, 1.165) is 16.3 Å². The van der Waals surface area contributed by atoms with E-state index in [0.29, 0.717) is 6.42 Å². The molecular weight excluding hydrogens is 314 g/mol. The highest BCUT2D eigenvalue weighted by molar-refractivity contribution is 6.09. The number of fused-ring (bicyclic) bond motifs is 1. The summed E-state index contributed by atoms with van der Waals surface area (Å²) in [6, 6.07) is 15.3. The Balaban J connectivity index is 1.96. The predicted octanol–water partition coefficient (Wildman–Crippen LogP) is 3.55. The van der Waals surface area contributed by atoms with Gasteiger partial charge in [-0.05, 0) is 43.5 Å². The number of rotatable bonds is 4. The second kappa shape index (κ2) is 5.89. The van der Waals surface area contributed by atoms with Gasteiger partial charge >= 0.3 is 6.03 Å². The fourth-order valence-electron chi connectivity index (χ4n) is 3.19. The average Bonchev–Trinajstić information content (AvgIpc) is 2.82. The van der Waals surface area contributed by atoms with Gasteiger partial charge in [0.05, 0.1) is 11.5 Å². The van der Waals surface area contributed by atoms with Crippen molar-refractivity contribution < 1.29 is 9.59 Å². The average molecular weight is 335 g/mol. The number of imide groups is 1. The Labute approximate surface area is 147 Å². The molecule has 5 nitrogen and oxygen atoms in total. The van der Waals surface area contributed by atoms with Crippen molar-refractivity contribution in [2.45, 2.75) is 32.7 Å². The Morgan fingerprint density at radius 1 is 1.16 bits per heavy atom. The molecular formula is C20H21N3O2. The van der Waals surface area contributed by atoms with Crippen molar-refractivity contribution in [2.75, 3.05) is 6.54 Å². The molecule has 1 heterocycles. The van der Waals surface area contributed by atoms with Crippen molar-refractivity contribution in [3.63, 3.8) is 0 Å². The number of nitriles is 1. The number of nitrogens with one attached hydrogen (secondary N) is 1. The third-order valence-electron chi connectivity index (χ3n) is 4.87. The van der Waals surface area contributed by atoms with E-state index >= 15 is 0 Å². The van der Waals surface area contributed by atoms with Gasteiger partial charge in [0.1, 0.15) is 5.54 Å². The van der Waals surface area contributed by atoms with E-state index < -0.39 is 17.0 Å². The lowest BCUT2D eigenvalue weighted by Gasteiger charge is -2.24. The van der Waals surface area contributed by atoms with Crippen LogP contribution in [0.15, 0.2) is 42.5 Å². The molecule has 2 aromatic rings. The first kappa shape index (κ1) is 17.0. The summed E-state index contributed by atoms with van der Waals surface area (Å²) in [4.78, 5) is 26.7. The Hall–Kier alpha value is -2.87. The minimum Gasteiger partial charge on any atom is -0.319 e. The van der Waals surface area contributed by atoms with E-state index in [9.17, 15) is 9.59 Å². The maximum atomic E-state index is 13.0. The highest BCUT2D eigenvalue weighted by Gasteiger charge is 2.49. The number of benzene rings is 2. The van der Waals surface area contributed by atoms with Gasteiger partial charge in [-0.1, -0.05) is 42.5 Å². The lowest BCUT2D eigenvalue weighted by Crippen LogP contribution is -2.41. The molecule has 25 heavy (non-hydrogen) atoms. The van der Waals surface area contributed by atoms with E-state index in [2.05, 4.69) is 11.4 Å². The fourth-order valence-corrected chi connectivity index (χ4v) is 3.19. The van der Waals surface area contributed by atoms with Crippen molar-refractivity contribution in [2.24, 2.45) is 5.41 Å². The fraction of sp³-hybridized carbons (Fsp3) is 0.350. The van der Waals surface area contributed by atoms with Crippen LogP contribution in [0.1, 0.15) is 32.8 Å². The smallest absolute Gasteiger partial charge is 0.319 e. The van der Waals surface area contributed by atoms with Crippen molar-refractivity contribution in [3.05, 3.63) is 48.0 Å². The second-order valence-electron chi connectivity index (χ2n) is 7.28. The molecule has 5 heteroatoms. The minimum atomic E-state index is -1.10. The van der Waals surface area contributed by atoms with Crippen LogP contribution in [-0.4, -0.2) is 23.4 Å². The topological polar surface area (TPSA) is 73.2 Å². The van der Waals surface area contributed by atoms with Crippen molar-refractivity contribution in [1.82, 2.24) is 10.2 Å². The Morgan fingerprint density at radius 3 is 2.56 bits per heavy atom. The van der Waals surface area contributed by atoms with Crippen LogP contribution in [0.3, 0.4) is 0 Å². The van der Waals surface area contributed by atoms with Gasteiger partial charge < -0.3 is 5.32 Å². The van der Waals surface area contributed by atoms with Crippen molar-refractivity contribution in [3.8, 4) is 6.07 Å². The van der Waals surface area contributed by atoms with E-state index in [4.69, 9.17) is 5.26 Å². The van der Waals surface area contributed by atoms with Gasteiger partial charge in [0, 0.05) is 6.54 Å². The summed E-state index contributed by atoms with van der Waals surface area (Å²) < 4.78 is 0. The van der Waals surface area contributed by atoms with Gasteiger partial charge in [0.25, 0.3) is 5.91 Å². The molecule has 1 aliphatic rings. The number of carbonyl (C=O) groups is 2. The molecule has 1 saturated heterocycles. The summed E-state index contributed by atoms with van der Waals surface area (Å²) in [5, 5.41) is 14.0. The van der Waals surface area contributed by atoms with Crippen molar-refractivity contribution in [1.29, 1.82) is 5.26 Å². The van der Waals surface area contributed by atoms with Crippen LogP contribution in [0.5, 0.6) is 0 Å². The molecule has 2 aromatic carbocycles. The highest BCUT2D eigenvalue weighted by Crippen LogP contribution is 2.34. The van der Waals surface area contributed by atoms with Crippen LogP contribution in [0.25, 0.3) is 10.8 Å². The zero-order chi connectivity index (χ0) is 18.2. The molecule has 0 bridgehead atoms. The molecule has 0 spiro atoms. The first-order valence-electron chi connectivity index (χ1n) is 8.32. The molecule has 0 saturated carbocycles. The van der Waals surface area contributed by atoms with Crippen LogP contribution in [0.2, 0.25) is 0 Å². The Morgan fingerprint density at radius 2 is 1.84 bits per heavy atom. The number of urea groups is 1. The standard InChI is InChI=1S/C20H21N3O2/c1-19(2,13-21)11-12-23-17(24)20(3,22-18(23)25)16-10-6-8-14-7-4-5-9-15(14)16/h4-10H,11-12H2,1-3H3,(H,22,25)/t20-/m0/s1. The van der Waals surface area contributed by atoms with Crippen molar-refractivity contribution >= 4 is 22.7 Å². The van der Waals surface area contributed by atoms with E-state index in [-0.39, 0.29) is 12.5 Å². The van der Waals surface area contributed by atoms with E-state index in [1.807, 2.05) is 42.5 Å². The summed E-state index contributed by atoms with van der Waals surface area (Å²) in [5.74, 6) is -0.275. The summed E-state index contributed by atoms with van der Waals surface area (Å²) in [7, 11) is 0. The van der Waals surface area contributed by atoms with Crippen LogP contribution in [0.4, 0.5) is 4.79 Å². The summed E-state index contributed by atoms with van der Waals surface area (Å²) in [6.07, 6.45) is 0.439. The minimum absolute atomic E-state index is 0.228. The van der Waals surface area contributed by atoms with Crippen LogP contribution in [-0.2, 0) is 10.3 Å². The lowest BCUT2D eigenvalue weighted by molar-refractivity contribution is -0.131.